The fourth-order valence-corrected chi connectivity index (χ4v) is 4.29. The molecule has 1 amide bonds. The van der Waals surface area contributed by atoms with Crippen LogP contribution in [0.1, 0.15) is 11.3 Å². The van der Waals surface area contributed by atoms with E-state index in [1.165, 1.54) is 6.33 Å². The van der Waals surface area contributed by atoms with Crippen LogP contribution in [0.5, 0.6) is 5.75 Å². The number of aliphatic hydroxyl groups is 1. The smallest absolute Gasteiger partial charge is 0.251 e. The lowest BCUT2D eigenvalue weighted by Gasteiger charge is -2.36. The van der Waals surface area contributed by atoms with Gasteiger partial charge >= 0.3 is 0 Å². The Kier molecular flexibility index (Phi) is 5.85. The summed E-state index contributed by atoms with van der Waals surface area (Å²) in [5.41, 5.74) is 3.18. The highest BCUT2D eigenvalue weighted by Gasteiger charge is 2.28. The van der Waals surface area contributed by atoms with Crippen molar-refractivity contribution in [3.63, 3.8) is 0 Å². The second kappa shape index (κ2) is 9.11. The molecule has 3 heterocycles. The molecule has 4 aromatic rings. The van der Waals surface area contributed by atoms with Gasteiger partial charge in [0.25, 0.3) is 5.91 Å². The molecule has 0 radical (unpaired) electrons. The third-order valence-corrected chi connectivity index (χ3v) is 6.12. The SMILES string of the molecule is Cc1ccc2c(N3CCN(C(=O)C(O)Cc4cnc[nH]4)CC3)nc(-c3ccccc3O)nc2c1. The maximum Gasteiger partial charge on any atom is 0.251 e. The molecule has 2 aromatic carbocycles. The summed E-state index contributed by atoms with van der Waals surface area (Å²) >= 11 is 0. The zero-order chi connectivity index (χ0) is 23.7. The number of fused-ring (bicyclic) bond motifs is 1. The predicted octanol–water partition coefficient (Wildman–Crippen LogP) is 2.29. The van der Waals surface area contributed by atoms with Crippen LogP contribution in [0.4, 0.5) is 5.82 Å². The molecule has 34 heavy (non-hydrogen) atoms. The van der Waals surface area contributed by atoms with Crippen LogP contribution in [0.25, 0.3) is 22.3 Å². The van der Waals surface area contributed by atoms with Gasteiger partial charge in [0.1, 0.15) is 17.7 Å². The standard InChI is InChI=1S/C25H26N6O3/c1-16-6-7-18-20(12-16)28-23(19-4-2-3-5-21(19)32)29-24(18)30-8-10-31(11-9-30)25(34)22(33)13-17-14-26-15-27-17/h2-7,12,14-15,22,32-33H,8-11,13H2,1H3,(H,26,27). The number of amides is 1. The van der Waals surface area contributed by atoms with Crippen molar-refractivity contribution in [1.29, 1.82) is 0 Å². The molecule has 0 bridgehead atoms. The average molecular weight is 459 g/mol. The second-order valence-electron chi connectivity index (χ2n) is 8.52. The summed E-state index contributed by atoms with van der Waals surface area (Å²) in [5.74, 6) is 1.07. The topological polar surface area (TPSA) is 118 Å². The quantitative estimate of drug-likeness (QED) is 0.420. The first-order chi connectivity index (χ1) is 16.5. The Bertz CT molecular complexity index is 1320. The number of phenolic OH excluding ortho intramolecular Hbond substituents is 1. The first-order valence-electron chi connectivity index (χ1n) is 11.3. The highest BCUT2D eigenvalue weighted by atomic mass is 16.3. The summed E-state index contributed by atoms with van der Waals surface area (Å²) in [5, 5.41) is 21.7. The van der Waals surface area contributed by atoms with Crippen molar-refractivity contribution in [3.8, 4) is 17.1 Å². The molecule has 1 fully saturated rings. The number of carbonyl (C=O) groups excluding carboxylic acids is 1. The van der Waals surface area contributed by atoms with E-state index in [9.17, 15) is 15.0 Å². The lowest BCUT2D eigenvalue weighted by molar-refractivity contribution is -0.140. The summed E-state index contributed by atoms with van der Waals surface area (Å²) in [6, 6.07) is 13.1. The molecule has 1 aliphatic heterocycles. The van der Waals surface area contributed by atoms with Gasteiger partial charge in [-0.2, -0.15) is 0 Å². The van der Waals surface area contributed by atoms with Crippen LogP contribution in [0, 0.1) is 6.92 Å². The number of para-hydroxylation sites is 1. The second-order valence-corrected chi connectivity index (χ2v) is 8.52. The number of aryl methyl sites for hydroxylation is 1. The van der Waals surface area contributed by atoms with Gasteiger partial charge in [-0.25, -0.2) is 15.0 Å². The van der Waals surface area contributed by atoms with Gasteiger partial charge in [-0.1, -0.05) is 18.2 Å². The maximum atomic E-state index is 12.8. The summed E-state index contributed by atoms with van der Waals surface area (Å²) in [6.07, 6.45) is 2.24. The molecule has 0 saturated carbocycles. The van der Waals surface area contributed by atoms with Crippen molar-refractivity contribution in [3.05, 3.63) is 66.2 Å². The van der Waals surface area contributed by atoms with Crippen LogP contribution in [0.3, 0.4) is 0 Å². The molecule has 3 N–H and O–H groups in total. The van der Waals surface area contributed by atoms with Crippen LogP contribution in [0.15, 0.2) is 55.0 Å². The molecule has 174 valence electrons. The predicted molar refractivity (Wildman–Crippen MR) is 128 cm³/mol. The third-order valence-electron chi connectivity index (χ3n) is 6.12. The molecule has 9 heteroatoms. The fraction of sp³-hybridized carbons (Fsp3) is 0.280. The van der Waals surface area contributed by atoms with E-state index >= 15 is 0 Å². The van der Waals surface area contributed by atoms with Gasteiger partial charge in [0.15, 0.2) is 5.82 Å². The van der Waals surface area contributed by atoms with Gasteiger partial charge < -0.3 is 25.0 Å². The minimum atomic E-state index is -1.11. The van der Waals surface area contributed by atoms with Gasteiger partial charge in [-0.05, 0) is 36.8 Å². The number of aromatic hydroxyl groups is 1. The first-order valence-corrected chi connectivity index (χ1v) is 11.3. The Morgan fingerprint density at radius 1 is 1.12 bits per heavy atom. The Morgan fingerprint density at radius 3 is 2.65 bits per heavy atom. The van der Waals surface area contributed by atoms with Crippen LogP contribution in [-0.4, -0.2) is 73.2 Å². The molecule has 9 nitrogen and oxygen atoms in total. The lowest BCUT2D eigenvalue weighted by Crippen LogP contribution is -2.52. The highest BCUT2D eigenvalue weighted by Crippen LogP contribution is 2.32. The monoisotopic (exact) mass is 458 g/mol. The van der Waals surface area contributed by atoms with E-state index in [0.29, 0.717) is 37.6 Å². The number of phenols is 1. The number of nitrogens with zero attached hydrogens (tertiary/aromatic N) is 5. The first kappa shape index (κ1) is 21.8. The molecular weight excluding hydrogens is 432 g/mol. The minimum absolute atomic E-state index is 0.127. The van der Waals surface area contributed by atoms with E-state index in [1.807, 2.05) is 31.2 Å². The number of piperazine rings is 1. The number of nitrogens with one attached hydrogen (secondary N) is 1. The number of aromatic nitrogens is 4. The number of rotatable bonds is 5. The van der Waals surface area contributed by atoms with Crippen LogP contribution in [-0.2, 0) is 11.2 Å². The number of imidazole rings is 1. The van der Waals surface area contributed by atoms with E-state index in [0.717, 1.165) is 28.0 Å². The largest absolute Gasteiger partial charge is 0.507 e. The number of carbonyl (C=O) groups is 1. The normalized spacial score (nSPS) is 15.0. The molecule has 1 saturated heterocycles. The number of aliphatic hydroxyl groups excluding tert-OH is 1. The zero-order valence-corrected chi connectivity index (χ0v) is 18.8. The summed E-state index contributed by atoms with van der Waals surface area (Å²) in [6.45, 7) is 4.11. The number of hydrogen-bond donors (Lipinski definition) is 3. The van der Waals surface area contributed by atoms with E-state index in [-0.39, 0.29) is 18.1 Å². The summed E-state index contributed by atoms with van der Waals surface area (Å²) in [7, 11) is 0. The van der Waals surface area contributed by atoms with E-state index in [2.05, 4.69) is 14.9 Å². The molecule has 2 aromatic heterocycles. The number of hydrogen-bond acceptors (Lipinski definition) is 7. The third kappa shape index (κ3) is 4.29. The fourth-order valence-electron chi connectivity index (χ4n) is 4.29. The summed E-state index contributed by atoms with van der Waals surface area (Å²) in [4.78, 5) is 33.0. The number of H-pyrrole nitrogens is 1. The van der Waals surface area contributed by atoms with Crippen molar-refractivity contribution in [2.24, 2.45) is 0 Å². The van der Waals surface area contributed by atoms with E-state index in [4.69, 9.17) is 9.97 Å². The molecule has 1 atom stereocenters. The van der Waals surface area contributed by atoms with E-state index < -0.39 is 6.10 Å². The zero-order valence-electron chi connectivity index (χ0n) is 18.8. The van der Waals surface area contributed by atoms with Gasteiger partial charge in [-0.3, -0.25) is 4.79 Å². The number of anilines is 1. The van der Waals surface area contributed by atoms with Crippen molar-refractivity contribution >= 4 is 22.6 Å². The van der Waals surface area contributed by atoms with Crippen LogP contribution >= 0.6 is 0 Å². The molecular formula is C25H26N6O3. The van der Waals surface area contributed by atoms with Gasteiger partial charge in [0.05, 0.1) is 17.4 Å². The Labute approximate surface area is 196 Å². The molecule has 1 unspecified atom stereocenters. The van der Waals surface area contributed by atoms with Crippen molar-refractivity contribution in [2.75, 3.05) is 31.1 Å². The van der Waals surface area contributed by atoms with Gasteiger partial charge in [0.2, 0.25) is 0 Å². The minimum Gasteiger partial charge on any atom is -0.507 e. The Hall–Kier alpha value is -3.98. The maximum absolute atomic E-state index is 12.8. The molecule has 1 aliphatic rings. The number of aromatic amines is 1. The van der Waals surface area contributed by atoms with Crippen LogP contribution < -0.4 is 4.90 Å². The van der Waals surface area contributed by atoms with Crippen LogP contribution in [0.2, 0.25) is 0 Å². The van der Waals surface area contributed by atoms with Crippen molar-refractivity contribution in [1.82, 2.24) is 24.8 Å². The summed E-state index contributed by atoms with van der Waals surface area (Å²) < 4.78 is 0. The molecule has 5 rings (SSSR count). The van der Waals surface area contributed by atoms with E-state index in [1.54, 1.807) is 29.3 Å². The van der Waals surface area contributed by atoms with Crippen molar-refractivity contribution < 1.29 is 15.0 Å². The Morgan fingerprint density at radius 2 is 1.91 bits per heavy atom. The molecule has 0 aliphatic carbocycles. The lowest BCUT2D eigenvalue weighted by atomic mass is 10.1. The van der Waals surface area contributed by atoms with Gasteiger partial charge in [-0.15, -0.1) is 0 Å². The number of benzene rings is 2. The Balaban J connectivity index is 1.39. The van der Waals surface area contributed by atoms with Crippen molar-refractivity contribution in [2.45, 2.75) is 19.4 Å². The molecule has 0 spiro atoms. The average Bonchev–Trinajstić information content (AvgIpc) is 3.36. The van der Waals surface area contributed by atoms with Gasteiger partial charge in [0, 0.05) is 49.9 Å². The highest BCUT2D eigenvalue weighted by molar-refractivity contribution is 5.92.